The second-order valence-electron chi connectivity index (χ2n) is 4.90. The summed E-state index contributed by atoms with van der Waals surface area (Å²) in [5.74, 6) is 0.918. The molecule has 112 valence electrons. The molecule has 0 aliphatic rings. The standard InChI is InChI=1S/C17H19Br2NO/c1-3-20-10-13-4-5-14(16(19)9-13)11-21-17-7-6-15(18)8-12(17)2/h4-9,20H,3,10-11H2,1-2H3. The zero-order valence-electron chi connectivity index (χ0n) is 12.2. The maximum absolute atomic E-state index is 5.91. The fraction of sp³-hybridized carbons (Fsp3) is 0.294. The van der Waals surface area contributed by atoms with Crippen molar-refractivity contribution >= 4 is 31.9 Å². The first-order valence-electron chi connectivity index (χ1n) is 6.97. The summed E-state index contributed by atoms with van der Waals surface area (Å²) in [7, 11) is 0. The Morgan fingerprint density at radius 2 is 1.90 bits per heavy atom. The third-order valence-electron chi connectivity index (χ3n) is 3.22. The van der Waals surface area contributed by atoms with Gasteiger partial charge in [0.05, 0.1) is 0 Å². The van der Waals surface area contributed by atoms with E-state index >= 15 is 0 Å². The largest absolute Gasteiger partial charge is 0.489 e. The Labute approximate surface area is 143 Å². The van der Waals surface area contributed by atoms with Crippen LogP contribution in [0.3, 0.4) is 0 Å². The average Bonchev–Trinajstić information content (AvgIpc) is 2.45. The second kappa shape index (κ2) is 7.97. The molecule has 0 amide bonds. The van der Waals surface area contributed by atoms with Crippen LogP contribution in [-0.4, -0.2) is 6.54 Å². The van der Waals surface area contributed by atoms with Crippen LogP contribution in [0.4, 0.5) is 0 Å². The van der Waals surface area contributed by atoms with Gasteiger partial charge in [0.15, 0.2) is 0 Å². The van der Waals surface area contributed by atoms with Crippen LogP contribution in [0.5, 0.6) is 5.75 Å². The van der Waals surface area contributed by atoms with Crippen molar-refractivity contribution in [3.8, 4) is 5.75 Å². The molecule has 0 fully saturated rings. The topological polar surface area (TPSA) is 21.3 Å². The molecule has 0 atom stereocenters. The molecule has 2 aromatic rings. The van der Waals surface area contributed by atoms with E-state index in [9.17, 15) is 0 Å². The number of ether oxygens (including phenoxy) is 1. The summed E-state index contributed by atoms with van der Waals surface area (Å²) in [6.45, 7) is 6.59. The van der Waals surface area contributed by atoms with Crippen LogP contribution in [-0.2, 0) is 13.2 Å². The minimum atomic E-state index is 0.560. The van der Waals surface area contributed by atoms with Gasteiger partial charge in [0.25, 0.3) is 0 Å². The highest BCUT2D eigenvalue weighted by Crippen LogP contribution is 2.25. The lowest BCUT2D eigenvalue weighted by atomic mass is 10.1. The minimum absolute atomic E-state index is 0.560. The molecule has 0 aliphatic carbocycles. The van der Waals surface area contributed by atoms with Gasteiger partial charge >= 0.3 is 0 Å². The van der Waals surface area contributed by atoms with Gasteiger partial charge in [0.1, 0.15) is 12.4 Å². The van der Waals surface area contributed by atoms with Gasteiger partial charge in [0, 0.05) is 21.1 Å². The van der Waals surface area contributed by atoms with Gasteiger partial charge in [-0.15, -0.1) is 0 Å². The van der Waals surface area contributed by atoms with E-state index in [1.807, 2.05) is 12.1 Å². The van der Waals surface area contributed by atoms with Crippen molar-refractivity contribution < 1.29 is 4.74 Å². The van der Waals surface area contributed by atoms with Crippen molar-refractivity contribution in [2.45, 2.75) is 27.0 Å². The lowest BCUT2D eigenvalue weighted by molar-refractivity contribution is 0.303. The molecule has 0 saturated carbocycles. The first kappa shape index (κ1) is 16.5. The maximum Gasteiger partial charge on any atom is 0.122 e. The monoisotopic (exact) mass is 411 g/mol. The predicted molar refractivity (Wildman–Crippen MR) is 94.7 cm³/mol. The first-order valence-corrected chi connectivity index (χ1v) is 8.55. The summed E-state index contributed by atoms with van der Waals surface area (Å²) in [5.41, 5.74) is 3.55. The van der Waals surface area contributed by atoms with E-state index in [4.69, 9.17) is 4.74 Å². The van der Waals surface area contributed by atoms with Crippen molar-refractivity contribution in [2.75, 3.05) is 6.54 Å². The lowest BCUT2D eigenvalue weighted by Gasteiger charge is -2.12. The Morgan fingerprint density at radius 3 is 2.57 bits per heavy atom. The summed E-state index contributed by atoms with van der Waals surface area (Å²) in [6.07, 6.45) is 0. The Kier molecular flexibility index (Phi) is 6.27. The van der Waals surface area contributed by atoms with E-state index in [0.717, 1.165) is 38.9 Å². The van der Waals surface area contributed by atoms with Crippen molar-refractivity contribution in [3.05, 3.63) is 62.0 Å². The molecule has 2 nitrogen and oxygen atoms in total. The molecule has 0 unspecified atom stereocenters. The molecule has 0 aliphatic heterocycles. The highest BCUT2D eigenvalue weighted by molar-refractivity contribution is 9.10. The normalized spacial score (nSPS) is 10.7. The third kappa shape index (κ3) is 4.83. The minimum Gasteiger partial charge on any atom is -0.489 e. The number of hydrogen-bond acceptors (Lipinski definition) is 2. The van der Waals surface area contributed by atoms with Crippen LogP contribution < -0.4 is 10.1 Å². The summed E-state index contributed by atoms with van der Waals surface area (Å²) in [6, 6.07) is 12.5. The van der Waals surface area contributed by atoms with Crippen molar-refractivity contribution in [3.63, 3.8) is 0 Å². The van der Waals surface area contributed by atoms with Crippen LogP contribution in [0.2, 0.25) is 0 Å². The molecular formula is C17H19Br2NO. The third-order valence-corrected chi connectivity index (χ3v) is 4.45. The molecule has 0 bridgehead atoms. The Bertz CT molecular complexity index is 614. The molecular weight excluding hydrogens is 394 g/mol. The van der Waals surface area contributed by atoms with Crippen molar-refractivity contribution in [1.82, 2.24) is 5.32 Å². The number of nitrogens with one attached hydrogen (secondary N) is 1. The molecule has 2 aromatic carbocycles. The number of benzene rings is 2. The molecule has 0 saturated heterocycles. The van der Waals surface area contributed by atoms with Crippen LogP contribution in [0, 0.1) is 6.92 Å². The molecule has 0 spiro atoms. The summed E-state index contributed by atoms with van der Waals surface area (Å²) < 4.78 is 8.07. The fourth-order valence-electron chi connectivity index (χ4n) is 2.02. The van der Waals surface area contributed by atoms with E-state index in [0.29, 0.717) is 6.61 Å². The Morgan fingerprint density at radius 1 is 1.10 bits per heavy atom. The predicted octanol–water partition coefficient (Wildman–Crippen LogP) is 5.21. The zero-order valence-corrected chi connectivity index (χ0v) is 15.4. The molecule has 2 rings (SSSR count). The van der Waals surface area contributed by atoms with Gasteiger partial charge in [-0.05, 0) is 48.9 Å². The van der Waals surface area contributed by atoms with E-state index in [1.165, 1.54) is 5.56 Å². The summed E-state index contributed by atoms with van der Waals surface area (Å²) in [5, 5.41) is 3.33. The fourth-order valence-corrected chi connectivity index (χ4v) is 3.03. The summed E-state index contributed by atoms with van der Waals surface area (Å²) >= 11 is 7.09. The Hall–Kier alpha value is -0.840. The first-order chi connectivity index (χ1) is 10.1. The molecule has 0 aromatic heterocycles. The highest BCUT2D eigenvalue weighted by atomic mass is 79.9. The molecule has 0 heterocycles. The quantitative estimate of drug-likeness (QED) is 0.703. The molecule has 0 radical (unpaired) electrons. The van der Waals surface area contributed by atoms with Crippen LogP contribution in [0.1, 0.15) is 23.6 Å². The van der Waals surface area contributed by atoms with Crippen molar-refractivity contribution in [2.24, 2.45) is 0 Å². The SMILES string of the molecule is CCNCc1ccc(COc2ccc(Br)cc2C)c(Br)c1. The zero-order chi connectivity index (χ0) is 15.2. The van der Waals surface area contributed by atoms with Gasteiger partial charge < -0.3 is 10.1 Å². The van der Waals surface area contributed by atoms with Gasteiger partial charge in [-0.1, -0.05) is 50.9 Å². The second-order valence-corrected chi connectivity index (χ2v) is 6.67. The number of hydrogen-bond donors (Lipinski definition) is 1. The number of halogens is 2. The highest BCUT2D eigenvalue weighted by Gasteiger charge is 2.05. The van der Waals surface area contributed by atoms with E-state index in [-0.39, 0.29) is 0 Å². The molecule has 21 heavy (non-hydrogen) atoms. The van der Waals surface area contributed by atoms with E-state index in [2.05, 4.69) is 75.3 Å². The maximum atomic E-state index is 5.91. The van der Waals surface area contributed by atoms with Crippen LogP contribution >= 0.6 is 31.9 Å². The van der Waals surface area contributed by atoms with Gasteiger partial charge in [0.2, 0.25) is 0 Å². The van der Waals surface area contributed by atoms with E-state index < -0.39 is 0 Å². The lowest BCUT2D eigenvalue weighted by Crippen LogP contribution is -2.11. The number of rotatable bonds is 6. The summed E-state index contributed by atoms with van der Waals surface area (Å²) in [4.78, 5) is 0. The van der Waals surface area contributed by atoms with Gasteiger partial charge in [-0.3, -0.25) is 0 Å². The van der Waals surface area contributed by atoms with Gasteiger partial charge in [-0.25, -0.2) is 0 Å². The van der Waals surface area contributed by atoms with E-state index in [1.54, 1.807) is 0 Å². The smallest absolute Gasteiger partial charge is 0.122 e. The van der Waals surface area contributed by atoms with Crippen LogP contribution in [0.25, 0.3) is 0 Å². The van der Waals surface area contributed by atoms with Crippen molar-refractivity contribution in [1.29, 1.82) is 0 Å². The molecule has 4 heteroatoms. The van der Waals surface area contributed by atoms with Crippen LogP contribution in [0.15, 0.2) is 45.3 Å². The number of aryl methyl sites for hydroxylation is 1. The average molecular weight is 413 g/mol. The van der Waals surface area contributed by atoms with Gasteiger partial charge in [-0.2, -0.15) is 0 Å². The molecule has 1 N–H and O–H groups in total. The Balaban J connectivity index is 2.02.